The molecule has 0 fully saturated rings. The highest BCUT2D eigenvalue weighted by Gasteiger charge is 1.82. The summed E-state index contributed by atoms with van der Waals surface area (Å²) in [6.45, 7) is 2.21. The number of hydrogen-bond donors (Lipinski definition) is 1. The van der Waals surface area contributed by atoms with Crippen LogP contribution in [0.1, 0.15) is 39.0 Å². The van der Waals surface area contributed by atoms with Gasteiger partial charge < -0.3 is 0 Å². The second-order valence-electron chi connectivity index (χ2n) is 3.13. The van der Waals surface area contributed by atoms with Gasteiger partial charge in [0.15, 0.2) is 0 Å². The molecular formula is C11H19N3O. The first-order valence-corrected chi connectivity index (χ1v) is 5.34. The van der Waals surface area contributed by atoms with Gasteiger partial charge in [0.05, 0.1) is 5.29 Å². The van der Waals surface area contributed by atoms with Gasteiger partial charge in [-0.15, -0.1) is 4.91 Å². The van der Waals surface area contributed by atoms with Crippen molar-refractivity contribution in [3.63, 3.8) is 0 Å². The number of hydrogen-bond acceptors (Lipinski definition) is 3. The Kier molecular flexibility index (Phi) is 11.3. The monoisotopic (exact) mass is 209 g/mol. The van der Waals surface area contributed by atoms with E-state index < -0.39 is 0 Å². The molecule has 1 N–H and O–H groups in total. The lowest BCUT2D eigenvalue weighted by molar-refractivity contribution is 0.674. The molecule has 0 rings (SSSR count). The van der Waals surface area contributed by atoms with E-state index in [2.05, 4.69) is 23.4 Å². The van der Waals surface area contributed by atoms with Crippen molar-refractivity contribution < 1.29 is 0 Å². The lowest BCUT2D eigenvalue weighted by Crippen LogP contribution is -1.89. The summed E-state index contributed by atoms with van der Waals surface area (Å²) >= 11 is 0. The average Bonchev–Trinajstić information content (AvgIpc) is 2.26. The number of nitrogens with one attached hydrogen (secondary N) is 1. The SMILES string of the molecule is CCCCCC/C=C/C=C/C=N/NN=O. The van der Waals surface area contributed by atoms with Crippen LogP contribution in [0.2, 0.25) is 0 Å². The molecule has 4 nitrogen and oxygen atoms in total. The zero-order chi connectivity index (χ0) is 11.2. The Hall–Kier alpha value is -1.45. The zero-order valence-corrected chi connectivity index (χ0v) is 9.22. The van der Waals surface area contributed by atoms with Crippen LogP contribution in [-0.4, -0.2) is 6.21 Å². The Morgan fingerprint density at radius 2 is 2.00 bits per heavy atom. The first-order valence-electron chi connectivity index (χ1n) is 5.34. The van der Waals surface area contributed by atoms with Crippen LogP contribution < -0.4 is 5.53 Å². The van der Waals surface area contributed by atoms with E-state index in [-0.39, 0.29) is 0 Å². The van der Waals surface area contributed by atoms with Gasteiger partial charge in [-0.2, -0.15) is 10.6 Å². The maximum atomic E-state index is 9.55. The first-order chi connectivity index (χ1) is 7.41. The second-order valence-corrected chi connectivity index (χ2v) is 3.13. The van der Waals surface area contributed by atoms with Crippen molar-refractivity contribution in [2.45, 2.75) is 39.0 Å². The summed E-state index contributed by atoms with van der Waals surface area (Å²) in [6.07, 6.45) is 15.5. The lowest BCUT2D eigenvalue weighted by atomic mass is 10.1. The Morgan fingerprint density at radius 1 is 1.13 bits per heavy atom. The molecule has 0 saturated carbocycles. The quantitative estimate of drug-likeness (QED) is 0.208. The van der Waals surface area contributed by atoms with Crippen LogP contribution in [0, 0.1) is 4.91 Å². The van der Waals surface area contributed by atoms with Crippen LogP contribution in [0.15, 0.2) is 34.7 Å². The van der Waals surface area contributed by atoms with E-state index in [0.29, 0.717) is 0 Å². The molecule has 0 unspecified atom stereocenters. The zero-order valence-electron chi connectivity index (χ0n) is 9.22. The summed E-state index contributed by atoms with van der Waals surface area (Å²) < 4.78 is 0. The first kappa shape index (κ1) is 13.5. The molecule has 0 heterocycles. The van der Waals surface area contributed by atoms with Crippen molar-refractivity contribution in [1.82, 2.24) is 5.53 Å². The molecule has 15 heavy (non-hydrogen) atoms. The molecule has 0 atom stereocenters. The van der Waals surface area contributed by atoms with E-state index in [4.69, 9.17) is 0 Å². The summed E-state index contributed by atoms with van der Waals surface area (Å²) in [5.74, 6) is 0. The lowest BCUT2D eigenvalue weighted by Gasteiger charge is -1.92. The summed E-state index contributed by atoms with van der Waals surface area (Å²) in [7, 11) is 0. The van der Waals surface area contributed by atoms with Gasteiger partial charge in [-0.1, -0.05) is 44.4 Å². The Balaban J connectivity index is 3.32. The fourth-order valence-corrected chi connectivity index (χ4v) is 1.08. The van der Waals surface area contributed by atoms with Gasteiger partial charge in [-0.3, -0.25) is 0 Å². The Bertz CT molecular complexity index is 222. The largest absolute Gasteiger partial charge is 0.164 e. The highest BCUT2D eigenvalue weighted by atomic mass is 16.3. The van der Waals surface area contributed by atoms with Crippen molar-refractivity contribution in [2.24, 2.45) is 10.4 Å². The minimum absolute atomic E-state index is 1.12. The highest BCUT2D eigenvalue weighted by molar-refractivity contribution is 5.71. The maximum Gasteiger partial charge on any atom is 0.0722 e. The van der Waals surface area contributed by atoms with Gasteiger partial charge in [0.2, 0.25) is 0 Å². The number of nitrogens with zero attached hydrogens (tertiary/aromatic N) is 2. The van der Waals surface area contributed by atoms with Crippen molar-refractivity contribution >= 4 is 6.21 Å². The van der Waals surface area contributed by atoms with E-state index >= 15 is 0 Å². The summed E-state index contributed by atoms with van der Waals surface area (Å²) in [5.41, 5.74) is 1.94. The molecule has 0 amide bonds. The Labute approximate surface area is 91.1 Å². The van der Waals surface area contributed by atoms with Crippen molar-refractivity contribution in [3.05, 3.63) is 29.2 Å². The third-order valence-electron chi connectivity index (χ3n) is 1.84. The molecule has 0 saturated heterocycles. The van der Waals surface area contributed by atoms with Gasteiger partial charge in [0, 0.05) is 6.21 Å². The van der Waals surface area contributed by atoms with E-state index in [0.717, 1.165) is 6.42 Å². The third kappa shape index (κ3) is 12.5. The van der Waals surface area contributed by atoms with Gasteiger partial charge in [0.1, 0.15) is 0 Å². The average molecular weight is 209 g/mol. The third-order valence-corrected chi connectivity index (χ3v) is 1.84. The van der Waals surface area contributed by atoms with E-state index in [1.807, 2.05) is 17.7 Å². The van der Waals surface area contributed by atoms with Gasteiger partial charge in [-0.25, -0.2) is 0 Å². The van der Waals surface area contributed by atoms with E-state index in [1.165, 1.54) is 31.9 Å². The fraction of sp³-hybridized carbons (Fsp3) is 0.545. The molecule has 0 aliphatic carbocycles. The minimum Gasteiger partial charge on any atom is -0.164 e. The van der Waals surface area contributed by atoms with Crippen LogP contribution in [0.25, 0.3) is 0 Å². The van der Waals surface area contributed by atoms with Crippen LogP contribution in [0.5, 0.6) is 0 Å². The number of allylic oxidation sites excluding steroid dienone is 4. The molecule has 0 aromatic heterocycles. The van der Waals surface area contributed by atoms with Crippen molar-refractivity contribution in [1.29, 1.82) is 0 Å². The smallest absolute Gasteiger partial charge is 0.0722 e. The fourth-order valence-electron chi connectivity index (χ4n) is 1.08. The summed E-state index contributed by atoms with van der Waals surface area (Å²) in [5, 5.41) is 5.83. The minimum atomic E-state index is 1.12. The van der Waals surface area contributed by atoms with Gasteiger partial charge >= 0.3 is 0 Å². The van der Waals surface area contributed by atoms with Gasteiger partial charge in [-0.05, 0) is 18.9 Å². The summed E-state index contributed by atoms with van der Waals surface area (Å²) in [6, 6.07) is 0. The maximum absolute atomic E-state index is 9.55. The number of hydrazone groups is 1. The molecule has 0 aliphatic rings. The molecule has 0 aliphatic heterocycles. The highest BCUT2D eigenvalue weighted by Crippen LogP contribution is 2.02. The standard InChI is InChI=1S/C11H19N3O/c1-2-3-4-5-6-7-8-9-10-11-12-13-14-15/h7-11H,2-6H2,1H3,(H,13,15)/b8-7+,10-9+,12-11+. The van der Waals surface area contributed by atoms with Crippen LogP contribution >= 0.6 is 0 Å². The molecule has 84 valence electrons. The van der Waals surface area contributed by atoms with Gasteiger partial charge in [0.25, 0.3) is 0 Å². The van der Waals surface area contributed by atoms with Crippen LogP contribution in [0.3, 0.4) is 0 Å². The topological polar surface area (TPSA) is 53.8 Å². The second kappa shape index (κ2) is 12.6. The molecule has 0 spiro atoms. The Morgan fingerprint density at radius 3 is 2.73 bits per heavy atom. The van der Waals surface area contributed by atoms with Crippen molar-refractivity contribution in [3.8, 4) is 0 Å². The molecule has 4 heteroatoms. The normalized spacial score (nSPS) is 11.8. The number of nitroso groups, excluding NO2 is 1. The number of unbranched alkanes of at least 4 members (excludes halogenated alkanes) is 4. The van der Waals surface area contributed by atoms with E-state index in [1.54, 1.807) is 6.08 Å². The van der Waals surface area contributed by atoms with Crippen molar-refractivity contribution in [2.75, 3.05) is 0 Å². The molecular weight excluding hydrogens is 190 g/mol. The molecule has 0 aromatic carbocycles. The molecule has 0 bridgehead atoms. The van der Waals surface area contributed by atoms with Crippen LogP contribution in [-0.2, 0) is 0 Å². The summed E-state index contributed by atoms with van der Waals surface area (Å²) in [4.78, 5) is 9.55. The van der Waals surface area contributed by atoms with E-state index in [9.17, 15) is 4.91 Å². The van der Waals surface area contributed by atoms with Crippen LogP contribution in [0.4, 0.5) is 0 Å². The predicted molar refractivity (Wildman–Crippen MR) is 64.5 cm³/mol. The molecule has 0 radical (unpaired) electrons. The number of rotatable bonds is 9. The molecule has 0 aromatic rings. The predicted octanol–water partition coefficient (Wildman–Crippen LogP) is 3.33.